The molecule has 0 spiro atoms. The highest BCUT2D eigenvalue weighted by atomic mass is 19.4. The fourth-order valence-corrected chi connectivity index (χ4v) is 4.47. The van der Waals surface area contributed by atoms with Gasteiger partial charge >= 0.3 is 12.3 Å². The van der Waals surface area contributed by atoms with Gasteiger partial charge < -0.3 is 14.5 Å². The number of rotatable bonds is 5. The van der Waals surface area contributed by atoms with Crippen molar-refractivity contribution in [3.8, 4) is 0 Å². The normalized spacial score (nSPS) is 20.4. The van der Waals surface area contributed by atoms with Crippen molar-refractivity contribution in [2.24, 2.45) is 5.92 Å². The van der Waals surface area contributed by atoms with Crippen LogP contribution in [0.3, 0.4) is 0 Å². The summed E-state index contributed by atoms with van der Waals surface area (Å²) >= 11 is 0. The van der Waals surface area contributed by atoms with E-state index in [2.05, 4.69) is 39.1 Å². The molecular formula is C24H30F3N5O2. The number of hydrogen-bond acceptors (Lipinski definition) is 6. The molecule has 0 bridgehead atoms. The van der Waals surface area contributed by atoms with Crippen molar-refractivity contribution in [1.82, 2.24) is 19.8 Å². The van der Waals surface area contributed by atoms with Crippen LogP contribution in [0.15, 0.2) is 42.7 Å². The summed E-state index contributed by atoms with van der Waals surface area (Å²) in [7, 11) is 0. The van der Waals surface area contributed by atoms with Crippen molar-refractivity contribution in [2.45, 2.75) is 38.5 Å². The van der Waals surface area contributed by atoms with Crippen LogP contribution in [0, 0.1) is 5.92 Å². The molecule has 3 heterocycles. The number of benzene rings is 1. The molecule has 0 aliphatic carbocycles. The minimum absolute atomic E-state index is 0.167. The van der Waals surface area contributed by atoms with Crippen molar-refractivity contribution in [2.75, 3.05) is 44.2 Å². The Hall–Kier alpha value is -2.88. The van der Waals surface area contributed by atoms with Gasteiger partial charge in [-0.1, -0.05) is 30.3 Å². The van der Waals surface area contributed by atoms with E-state index in [-0.39, 0.29) is 18.1 Å². The van der Waals surface area contributed by atoms with Crippen LogP contribution in [0.2, 0.25) is 0 Å². The van der Waals surface area contributed by atoms with Crippen molar-refractivity contribution >= 4 is 12.0 Å². The smallest absolute Gasteiger partial charge is 0.419 e. The molecule has 1 amide bonds. The number of halogens is 3. The zero-order valence-electron chi connectivity index (χ0n) is 19.2. The number of anilines is 1. The minimum atomic E-state index is -4.47. The van der Waals surface area contributed by atoms with Crippen LogP contribution in [0.25, 0.3) is 0 Å². The molecule has 2 aliphatic rings. The summed E-state index contributed by atoms with van der Waals surface area (Å²) in [4.78, 5) is 26.3. The molecule has 0 radical (unpaired) electrons. The second-order valence-electron chi connectivity index (χ2n) is 9.04. The summed E-state index contributed by atoms with van der Waals surface area (Å²) in [6, 6.07) is 10.2. The second-order valence-corrected chi connectivity index (χ2v) is 9.04. The zero-order valence-corrected chi connectivity index (χ0v) is 19.2. The highest BCUT2D eigenvalue weighted by Gasteiger charge is 2.33. The van der Waals surface area contributed by atoms with E-state index in [0.29, 0.717) is 32.2 Å². The van der Waals surface area contributed by atoms with Gasteiger partial charge in [0.1, 0.15) is 0 Å². The molecule has 1 aromatic heterocycles. The van der Waals surface area contributed by atoms with E-state index in [0.717, 1.165) is 44.9 Å². The summed E-state index contributed by atoms with van der Waals surface area (Å²) in [6.45, 7) is 6.48. The van der Waals surface area contributed by atoms with E-state index in [9.17, 15) is 18.0 Å². The number of carbonyl (C=O) groups excluding carboxylic acids is 1. The Morgan fingerprint density at radius 3 is 2.35 bits per heavy atom. The maximum absolute atomic E-state index is 12.7. The van der Waals surface area contributed by atoms with Crippen molar-refractivity contribution in [1.29, 1.82) is 0 Å². The number of piperidine rings is 1. The molecule has 0 unspecified atom stereocenters. The molecule has 1 aromatic carbocycles. The van der Waals surface area contributed by atoms with Crippen LogP contribution in [0.1, 0.15) is 30.9 Å². The van der Waals surface area contributed by atoms with Crippen LogP contribution in [0.5, 0.6) is 0 Å². The van der Waals surface area contributed by atoms with Gasteiger partial charge in [0.05, 0.1) is 12.2 Å². The van der Waals surface area contributed by atoms with Gasteiger partial charge in [-0.05, 0) is 44.3 Å². The molecular weight excluding hydrogens is 447 g/mol. The first-order valence-electron chi connectivity index (χ1n) is 11.6. The Kier molecular flexibility index (Phi) is 7.55. The number of nitrogens with zero attached hydrogens (tertiary/aromatic N) is 5. The standard InChI is InChI=1S/C24H30F3N5O2/c1-18-15-31(22-28-13-21(14-29-22)24(25,26)27)11-12-32(18)23(33)34-17-20-7-9-30(10-8-20)16-19-5-3-2-4-6-19/h2-6,13-14,18,20H,7-12,15-17H2,1H3/t18-/m1/s1. The van der Waals surface area contributed by atoms with Gasteiger partial charge in [-0.3, -0.25) is 4.90 Å². The molecule has 0 saturated carbocycles. The summed E-state index contributed by atoms with van der Waals surface area (Å²) in [5.41, 5.74) is 0.430. The second kappa shape index (κ2) is 10.6. The van der Waals surface area contributed by atoms with Gasteiger partial charge in [0.25, 0.3) is 0 Å². The number of piperazine rings is 1. The first-order chi connectivity index (χ1) is 16.3. The molecule has 1 atom stereocenters. The van der Waals surface area contributed by atoms with Crippen LogP contribution >= 0.6 is 0 Å². The van der Waals surface area contributed by atoms with Crippen molar-refractivity contribution in [3.05, 3.63) is 53.9 Å². The Bertz CT molecular complexity index is 934. The molecule has 10 heteroatoms. The Labute approximate surface area is 197 Å². The quantitative estimate of drug-likeness (QED) is 0.648. The lowest BCUT2D eigenvalue weighted by Crippen LogP contribution is -2.54. The van der Waals surface area contributed by atoms with E-state index in [1.54, 1.807) is 9.80 Å². The summed E-state index contributed by atoms with van der Waals surface area (Å²) in [6.07, 6.45) is -1.24. The molecule has 0 N–H and O–H groups in total. The number of alkyl halides is 3. The number of aromatic nitrogens is 2. The van der Waals surface area contributed by atoms with E-state index in [1.807, 2.05) is 13.0 Å². The molecule has 2 aliphatic heterocycles. The fourth-order valence-electron chi connectivity index (χ4n) is 4.47. The molecule has 34 heavy (non-hydrogen) atoms. The number of carbonyl (C=O) groups is 1. The van der Waals surface area contributed by atoms with Crippen LogP contribution in [-0.4, -0.2) is 71.2 Å². The van der Waals surface area contributed by atoms with E-state index in [4.69, 9.17) is 4.74 Å². The van der Waals surface area contributed by atoms with Gasteiger partial charge in [0.15, 0.2) is 0 Å². The SMILES string of the molecule is C[C@@H]1CN(c2ncc(C(F)(F)F)cn2)CCN1C(=O)OCC1CCN(Cc2ccccc2)CC1. The van der Waals surface area contributed by atoms with E-state index < -0.39 is 11.7 Å². The van der Waals surface area contributed by atoms with E-state index in [1.165, 1.54) is 5.56 Å². The van der Waals surface area contributed by atoms with Gasteiger partial charge in [-0.15, -0.1) is 0 Å². The first kappa shape index (κ1) is 24.3. The number of amides is 1. The van der Waals surface area contributed by atoms with Gasteiger partial charge in [-0.2, -0.15) is 13.2 Å². The highest BCUT2D eigenvalue weighted by molar-refractivity contribution is 5.68. The largest absolute Gasteiger partial charge is 0.449 e. The summed E-state index contributed by atoms with van der Waals surface area (Å²) in [5.74, 6) is 0.586. The third-order valence-corrected chi connectivity index (χ3v) is 6.51. The molecule has 7 nitrogen and oxygen atoms in total. The number of ether oxygens (including phenoxy) is 1. The molecule has 2 aromatic rings. The van der Waals surface area contributed by atoms with Gasteiger partial charge in [0, 0.05) is 44.6 Å². The Morgan fingerprint density at radius 1 is 1.06 bits per heavy atom. The molecule has 2 fully saturated rings. The topological polar surface area (TPSA) is 61.8 Å². The van der Waals surface area contributed by atoms with E-state index >= 15 is 0 Å². The zero-order chi connectivity index (χ0) is 24.1. The van der Waals surface area contributed by atoms with Gasteiger partial charge in [0.2, 0.25) is 5.95 Å². The lowest BCUT2D eigenvalue weighted by molar-refractivity contribution is -0.138. The van der Waals surface area contributed by atoms with Crippen molar-refractivity contribution in [3.63, 3.8) is 0 Å². The third kappa shape index (κ3) is 6.16. The highest BCUT2D eigenvalue weighted by Crippen LogP contribution is 2.28. The molecule has 2 saturated heterocycles. The number of likely N-dealkylation sites (tertiary alicyclic amines) is 1. The lowest BCUT2D eigenvalue weighted by atomic mass is 9.97. The average Bonchev–Trinajstić information content (AvgIpc) is 2.83. The number of hydrogen-bond donors (Lipinski definition) is 0. The predicted molar refractivity (Wildman–Crippen MR) is 121 cm³/mol. The molecule has 184 valence electrons. The maximum atomic E-state index is 12.7. The monoisotopic (exact) mass is 477 g/mol. The fraction of sp³-hybridized carbons (Fsp3) is 0.542. The minimum Gasteiger partial charge on any atom is -0.449 e. The van der Waals surface area contributed by atoms with Crippen LogP contribution in [-0.2, 0) is 17.5 Å². The first-order valence-corrected chi connectivity index (χ1v) is 11.6. The van der Waals surface area contributed by atoms with Crippen LogP contribution < -0.4 is 4.90 Å². The summed E-state index contributed by atoms with van der Waals surface area (Å²) in [5, 5.41) is 0. The lowest BCUT2D eigenvalue weighted by Gasteiger charge is -2.39. The van der Waals surface area contributed by atoms with Gasteiger partial charge in [-0.25, -0.2) is 14.8 Å². The van der Waals surface area contributed by atoms with Crippen LogP contribution in [0.4, 0.5) is 23.9 Å². The molecule has 4 rings (SSSR count). The third-order valence-electron chi connectivity index (χ3n) is 6.51. The summed E-state index contributed by atoms with van der Waals surface area (Å²) < 4.78 is 43.8. The average molecular weight is 478 g/mol. The maximum Gasteiger partial charge on any atom is 0.419 e. The predicted octanol–water partition coefficient (Wildman–Crippen LogP) is 4.05. The van der Waals surface area contributed by atoms with Crippen molar-refractivity contribution < 1.29 is 22.7 Å². The Balaban J connectivity index is 1.20. The Morgan fingerprint density at radius 2 is 1.74 bits per heavy atom.